The average molecular weight is 523 g/mol. The number of benzene rings is 1. The first-order valence-electron chi connectivity index (χ1n) is 12.0. The number of nitrogens with one attached hydrogen (secondary N) is 1. The topological polar surface area (TPSA) is 138 Å². The van der Waals surface area contributed by atoms with Gasteiger partial charge in [-0.25, -0.2) is 23.4 Å². The Morgan fingerprint density at radius 1 is 1.17 bits per heavy atom. The fourth-order valence-electron chi connectivity index (χ4n) is 4.61. The van der Waals surface area contributed by atoms with Gasteiger partial charge in [-0.2, -0.15) is 0 Å². The van der Waals surface area contributed by atoms with E-state index < -0.39 is 36.0 Å². The van der Waals surface area contributed by atoms with Crippen LogP contribution >= 0.6 is 11.8 Å². The van der Waals surface area contributed by atoms with Crippen LogP contribution < -0.4 is 5.32 Å². The summed E-state index contributed by atoms with van der Waals surface area (Å²) in [6.07, 6.45) is -1.04. The Balaban J connectivity index is 1.43. The number of ether oxygens (including phenoxy) is 1. The smallest absolute Gasteiger partial charge is 0.191 e. The molecule has 0 amide bonds. The summed E-state index contributed by atoms with van der Waals surface area (Å²) < 4.78 is 34.0. The Bertz CT molecular complexity index is 1230. The maximum Gasteiger partial charge on any atom is 0.191 e. The highest BCUT2D eigenvalue weighted by Gasteiger charge is 2.45. The normalized spacial score (nSPS) is 27.6. The zero-order valence-electron chi connectivity index (χ0n) is 19.6. The van der Waals surface area contributed by atoms with Crippen LogP contribution in [-0.4, -0.2) is 83.6 Å². The number of aliphatic hydroxyl groups is 3. The lowest BCUT2D eigenvalue weighted by atomic mass is 10.1. The summed E-state index contributed by atoms with van der Waals surface area (Å²) in [5, 5.41) is 42.5. The molecule has 4 N–H and O–H groups in total. The van der Waals surface area contributed by atoms with Crippen LogP contribution in [0.4, 0.5) is 14.6 Å². The first kappa shape index (κ1) is 25.2. The molecule has 0 aliphatic heterocycles. The summed E-state index contributed by atoms with van der Waals surface area (Å²) >= 11 is 1.48. The molecule has 2 aliphatic rings. The Hall–Kier alpha value is -2.45. The van der Waals surface area contributed by atoms with Crippen LogP contribution in [0, 0.1) is 11.6 Å². The molecule has 13 heteroatoms. The second kappa shape index (κ2) is 10.5. The van der Waals surface area contributed by atoms with Gasteiger partial charge in [-0.1, -0.05) is 30.0 Å². The molecule has 0 spiro atoms. The molecule has 2 aliphatic carbocycles. The minimum Gasteiger partial charge on any atom is -0.394 e. The predicted molar refractivity (Wildman–Crippen MR) is 128 cm³/mol. The number of aliphatic hydroxyl groups excluding tert-OH is 3. The average Bonchev–Trinajstić information content (AvgIpc) is 3.41. The first-order valence-corrected chi connectivity index (χ1v) is 13.0. The molecule has 0 radical (unpaired) electrons. The van der Waals surface area contributed by atoms with E-state index in [2.05, 4.69) is 32.5 Å². The summed E-state index contributed by atoms with van der Waals surface area (Å²) in [7, 11) is 0. The lowest BCUT2D eigenvalue weighted by Crippen LogP contribution is -2.33. The second-order valence-electron chi connectivity index (χ2n) is 9.09. The molecule has 3 unspecified atom stereocenters. The van der Waals surface area contributed by atoms with Crippen LogP contribution in [0.2, 0.25) is 0 Å². The number of aromatic nitrogens is 5. The highest BCUT2D eigenvalue weighted by Crippen LogP contribution is 2.44. The van der Waals surface area contributed by atoms with Gasteiger partial charge in [0, 0.05) is 24.1 Å². The van der Waals surface area contributed by atoms with Crippen molar-refractivity contribution in [3.05, 3.63) is 35.4 Å². The molecule has 0 bridgehead atoms. The van der Waals surface area contributed by atoms with Gasteiger partial charge in [-0.05, 0) is 30.5 Å². The lowest BCUT2D eigenvalue weighted by Gasteiger charge is -2.17. The molecule has 2 aromatic heterocycles. The quantitative estimate of drug-likeness (QED) is 0.231. The summed E-state index contributed by atoms with van der Waals surface area (Å²) in [5.74, 6) is -0.472. The fraction of sp³-hybridized carbons (Fsp3) is 0.565. The standard InChI is InChI=1S/C23H28F2N6O4S/c1-2-7-36-23-27-21(26-15-9-12(15)11-3-4-13(24)14(25)8-11)18-22(28-23)31(30-29-18)16-10-17(35-6-5-32)20(34)19(16)33/h3-4,8,12,15-17,19-20,32-34H,2,5-7,9-10H2,1H3,(H,26,27,28)/t12-,15+,16?,17?,19?,20+/m0/s1. The molecule has 36 heavy (non-hydrogen) atoms. The van der Waals surface area contributed by atoms with Crippen molar-refractivity contribution < 1.29 is 28.8 Å². The molecule has 3 aromatic rings. The van der Waals surface area contributed by atoms with Crippen LogP contribution in [0.5, 0.6) is 0 Å². The number of thioether (sulfide) groups is 1. The summed E-state index contributed by atoms with van der Waals surface area (Å²) in [6.45, 7) is 1.91. The second-order valence-corrected chi connectivity index (χ2v) is 10.2. The molecule has 6 atom stereocenters. The van der Waals surface area contributed by atoms with Crippen LogP contribution in [0.1, 0.15) is 43.7 Å². The fourth-order valence-corrected chi connectivity index (χ4v) is 5.31. The van der Waals surface area contributed by atoms with Gasteiger partial charge in [0.05, 0.1) is 25.4 Å². The van der Waals surface area contributed by atoms with Crippen LogP contribution in [0.15, 0.2) is 23.4 Å². The number of nitrogens with zero attached hydrogens (tertiary/aromatic N) is 5. The van der Waals surface area contributed by atoms with Gasteiger partial charge < -0.3 is 25.4 Å². The number of halogens is 2. The molecular weight excluding hydrogens is 494 g/mol. The van der Waals surface area contributed by atoms with E-state index in [1.54, 1.807) is 6.07 Å². The molecular formula is C23H28F2N6O4S. The summed E-state index contributed by atoms with van der Waals surface area (Å²) in [6, 6.07) is 3.26. The minimum absolute atomic E-state index is 0.00291. The number of hydrogen-bond acceptors (Lipinski definition) is 10. The van der Waals surface area contributed by atoms with E-state index in [-0.39, 0.29) is 31.6 Å². The molecule has 2 heterocycles. The van der Waals surface area contributed by atoms with Crippen molar-refractivity contribution in [1.82, 2.24) is 25.0 Å². The Labute approximate surface area is 210 Å². The van der Waals surface area contributed by atoms with Gasteiger partial charge >= 0.3 is 0 Å². The van der Waals surface area contributed by atoms with E-state index >= 15 is 0 Å². The summed E-state index contributed by atoms with van der Waals surface area (Å²) in [5.41, 5.74) is 1.53. The molecule has 10 nitrogen and oxygen atoms in total. The molecule has 1 aromatic carbocycles. The number of anilines is 1. The third-order valence-electron chi connectivity index (χ3n) is 6.56. The van der Waals surface area contributed by atoms with E-state index in [9.17, 15) is 19.0 Å². The SMILES string of the molecule is CCCSc1nc(N[C@@H]2C[C@H]2c2ccc(F)c(F)c2)c2nnn(C3CC(OCCO)[C@@H](O)C3O)c2n1. The van der Waals surface area contributed by atoms with Crippen LogP contribution in [0.25, 0.3) is 11.2 Å². The lowest BCUT2D eigenvalue weighted by molar-refractivity contribution is -0.0629. The molecule has 5 rings (SSSR count). The van der Waals surface area contributed by atoms with E-state index in [0.29, 0.717) is 27.7 Å². The maximum atomic E-state index is 13.7. The van der Waals surface area contributed by atoms with Crippen LogP contribution in [-0.2, 0) is 4.74 Å². The zero-order valence-corrected chi connectivity index (χ0v) is 20.4. The van der Waals surface area contributed by atoms with Crippen molar-refractivity contribution in [3.8, 4) is 0 Å². The first-order chi connectivity index (χ1) is 17.4. The number of fused-ring (bicyclic) bond motifs is 1. The van der Waals surface area contributed by atoms with Crippen molar-refractivity contribution in [2.24, 2.45) is 0 Å². The van der Waals surface area contributed by atoms with Gasteiger partial charge in [0.15, 0.2) is 33.8 Å². The Kier molecular flexibility index (Phi) is 7.35. The van der Waals surface area contributed by atoms with Gasteiger partial charge in [-0.3, -0.25) is 0 Å². The van der Waals surface area contributed by atoms with Crippen molar-refractivity contribution in [3.63, 3.8) is 0 Å². The van der Waals surface area contributed by atoms with Gasteiger partial charge in [-0.15, -0.1) is 5.10 Å². The van der Waals surface area contributed by atoms with Gasteiger partial charge in [0.25, 0.3) is 0 Å². The zero-order chi connectivity index (χ0) is 25.4. The highest BCUT2D eigenvalue weighted by atomic mass is 32.2. The van der Waals surface area contributed by atoms with Gasteiger partial charge in [0.1, 0.15) is 12.2 Å². The van der Waals surface area contributed by atoms with E-state index in [1.807, 2.05) is 0 Å². The van der Waals surface area contributed by atoms with Crippen LogP contribution in [0.3, 0.4) is 0 Å². The predicted octanol–water partition coefficient (Wildman–Crippen LogP) is 2.01. The van der Waals surface area contributed by atoms with E-state index in [1.165, 1.54) is 22.5 Å². The third-order valence-corrected chi connectivity index (χ3v) is 7.61. The van der Waals surface area contributed by atoms with E-state index in [0.717, 1.165) is 24.7 Å². The third kappa shape index (κ3) is 4.90. The summed E-state index contributed by atoms with van der Waals surface area (Å²) in [4.78, 5) is 9.27. The van der Waals surface area contributed by atoms with Gasteiger partial charge in [0.2, 0.25) is 0 Å². The van der Waals surface area contributed by atoms with Crippen molar-refractivity contribution in [1.29, 1.82) is 0 Å². The molecule has 194 valence electrons. The monoisotopic (exact) mass is 522 g/mol. The van der Waals surface area contributed by atoms with E-state index in [4.69, 9.17) is 9.84 Å². The Morgan fingerprint density at radius 3 is 2.75 bits per heavy atom. The van der Waals surface area contributed by atoms with Crippen molar-refractivity contribution >= 4 is 28.7 Å². The molecule has 0 saturated heterocycles. The highest BCUT2D eigenvalue weighted by molar-refractivity contribution is 7.99. The maximum absolute atomic E-state index is 13.7. The van der Waals surface area contributed by atoms with Crippen molar-refractivity contribution in [2.75, 3.05) is 24.3 Å². The minimum atomic E-state index is -1.15. The Morgan fingerprint density at radius 2 is 2.00 bits per heavy atom. The molecule has 2 saturated carbocycles. The largest absolute Gasteiger partial charge is 0.394 e. The molecule has 2 fully saturated rings. The van der Waals surface area contributed by atoms with Crippen molar-refractivity contribution in [2.45, 2.75) is 67.7 Å². The number of hydrogen-bond donors (Lipinski definition) is 4. The number of rotatable bonds is 10.